The molecule has 1 N–H and O–H groups in total. The molecule has 0 saturated heterocycles. The third-order valence-electron chi connectivity index (χ3n) is 1.71. The van der Waals surface area contributed by atoms with Gasteiger partial charge < -0.3 is 10.0 Å². The molecule has 1 amide bonds. The Morgan fingerprint density at radius 1 is 1.80 bits per heavy atom. The fraction of sp³-hybridized carbons (Fsp3) is 0.571. The van der Waals surface area contributed by atoms with Crippen LogP contribution in [0.2, 0.25) is 0 Å². The maximum atomic E-state index is 10.4. The Balaban J connectivity index is 2.50. The largest absolute Gasteiger partial charge is 0.465 e. The van der Waals surface area contributed by atoms with Crippen LogP contribution in [0.3, 0.4) is 0 Å². The van der Waals surface area contributed by atoms with Crippen LogP contribution in [0.1, 0.15) is 13.3 Å². The first-order chi connectivity index (χ1) is 4.70. The molecule has 10 heavy (non-hydrogen) atoms. The summed E-state index contributed by atoms with van der Waals surface area (Å²) in [4.78, 5) is 11.8. The third-order valence-corrected chi connectivity index (χ3v) is 1.71. The van der Waals surface area contributed by atoms with Crippen LogP contribution in [-0.2, 0) is 0 Å². The Morgan fingerprint density at radius 3 is 2.90 bits per heavy atom. The van der Waals surface area contributed by atoms with Gasteiger partial charge in [0.15, 0.2) is 0 Å². The molecule has 0 aromatic heterocycles. The molecule has 0 unspecified atom stereocenters. The van der Waals surface area contributed by atoms with Crippen LogP contribution in [-0.4, -0.2) is 29.2 Å². The summed E-state index contributed by atoms with van der Waals surface area (Å²) in [6.45, 7) is 3.23. The minimum absolute atomic E-state index is 0.557. The molecule has 0 atom stereocenters. The first-order valence-corrected chi connectivity index (χ1v) is 3.33. The van der Waals surface area contributed by atoms with Gasteiger partial charge in [0.1, 0.15) is 0 Å². The van der Waals surface area contributed by atoms with Gasteiger partial charge in [-0.05, 0) is 13.3 Å². The predicted molar refractivity (Wildman–Crippen MR) is 38.0 cm³/mol. The summed E-state index contributed by atoms with van der Waals surface area (Å²) < 4.78 is 0. The highest BCUT2D eigenvalue weighted by molar-refractivity contribution is 5.65. The highest BCUT2D eigenvalue weighted by Gasteiger charge is 2.12. The van der Waals surface area contributed by atoms with Crippen molar-refractivity contribution in [2.75, 3.05) is 13.1 Å². The summed E-state index contributed by atoms with van der Waals surface area (Å²) in [6, 6.07) is 0. The van der Waals surface area contributed by atoms with Crippen LogP contribution in [0.15, 0.2) is 11.6 Å². The van der Waals surface area contributed by atoms with Gasteiger partial charge >= 0.3 is 6.09 Å². The van der Waals surface area contributed by atoms with Gasteiger partial charge in [0, 0.05) is 13.1 Å². The van der Waals surface area contributed by atoms with Crippen molar-refractivity contribution >= 4 is 6.09 Å². The normalized spacial score (nSPS) is 18.5. The summed E-state index contributed by atoms with van der Waals surface area (Å²) in [5.74, 6) is 0. The van der Waals surface area contributed by atoms with Gasteiger partial charge in [-0.25, -0.2) is 4.79 Å². The molecule has 3 heteroatoms. The Bertz CT molecular complexity index is 174. The van der Waals surface area contributed by atoms with Crippen LogP contribution in [0.25, 0.3) is 0 Å². The number of carboxylic acid groups (broad SMARTS) is 1. The van der Waals surface area contributed by atoms with E-state index in [1.807, 2.05) is 13.0 Å². The molecule has 0 bridgehead atoms. The van der Waals surface area contributed by atoms with Crippen molar-refractivity contribution in [2.24, 2.45) is 0 Å². The molecular formula is C7H11NO2. The topological polar surface area (TPSA) is 40.5 Å². The van der Waals surface area contributed by atoms with Crippen molar-refractivity contribution in [1.29, 1.82) is 0 Å². The maximum Gasteiger partial charge on any atom is 0.407 e. The summed E-state index contributed by atoms with van der Waals surface area (Å²) in [5.41, 5.74) is 1.29. The van der Waals surface area contributed by atoms with E-state index in [2.05, 4.69) is 0 Å². The molecule has 0 saturated carbocycles. The van der Waals surface area contributed by atoms with Gasteiger partial charge in [0.05, 0.1) is 0 Å². The second-order valence-electron chi connectivity index (χ2n) is 2.53. The van der Waals surface area contributed by atoms with Gasteiger partial charge in [0.2, 0.25) is 0 Å². The Morgan fingerprint density at radius 2 is 2.50 bits per heavy atom. The molecule has 3 nitrogen and oxygen atoms in total. The van der Waals surface area contributed by atoms with Crippen molar-refractivity contribution < 1.29 is 9.90 Å². The minimum atomic E-state index is -0.816. The quantitative estimate of drug-likeness (QED) is 0.517. The van der Waals surface area contributed by atoms with Gasteiger partial charge in [0.25, 0.3) is 0 Å². The number of amides is 1. The number of carbonyl (C=O) groups is 1. The van der Waals surface area contributed by atoms with Crippen LogP contribution in [0, 0.1) is 0 Å². The first kappa shape index (κ1) is 7.12. The summed E-state index contributed by atoms with van der Waals surface area (Å²) >= 11 is 0. The van der Waals surface area contributed by atoms with Gasteiger partial charge in [-0.3, -0.25) is 0 Å². The second kappa shape index (κ2) is 2.73. The summed E-state index contributed by atoms with van der Waals surface area (Å²) in [7, 11) is 0. The number of nitrogens with zero attached hydrogens (tertiary/aromatic N) is 1. The van der Waals surface area contributed by atoms with Crippen molar-refractivity contribution in [3.8, 4) is 0 Å². The highest BCUT2D eigenvalue weighted by atomic mass is 16.4. The number of hydrogen-bond donors (Lipinski definition) is 1. The standard InChI is InChI=1S/C7H11NO2/c1-6-2-4-8(5-3-6)7(9)10/h2H,3-5H2,1H3,(H,9,10). The molecule has 56 valence electrons. The molecule has 0 spiro atoms. The molecule has 0 fully saturated rings. The lowest BCUT2D eigenvalue weighted by atomic mass is 10.1. The van der Waals surface area contributed by atoms with E-state index in [9.17, 15) is 4.79 Å². The molecule has 1 rings (SSSR count). The number of rotatable bonds is 0. The van der Waals surface area contributed by atoms with Crippen molar-refractivity contribution in [3.05, 3.63) is 11.6 Å². The summed E-state index contributed by atoms with van der Waals surface area (Å²) in [6.07, 6.45) is 2.02. The van der Waals surface area contributed by atoms with E-state index in [0.29, 0.717) is 13.1 Å². The van der Waals surface area contributed by atoms with Crippen LogP contribution in [0.4, 0.5) is 4.79 Å². The minimum Gasteiger partial charge on any atom is -0.465 e. The van der Waals surface area contributed by atoms with E-state index in [1.54, 1.807) is 0 Å². The molecule has 0 aliphatic carbocycles. The van der Waals surface area contributed by atoms with Gasteiger partial charge in [-0.2, -0.15) is 0 Å². The van der Waals surface area contributed by atoms with Gasteiger partial charge in [-0.15, -0.1) is 0 Å². The monoisotopic (exact) mass is 141 g/mol. The summed E-state index contributed by atoms with van der Waals surface area (Å²) in [5, 5.41) is 8.52. The Labute approximate surface area is 59.9 Å². The second-order valence-corrected chi connectivity index (χ2v) is 2.53. The van der Waals surface area contributed by atoms with E-state index in [1.165, 1.54) is 10.5 Å². The van der Waals surface area contributed by atoms with Crippen LogP contribution >= 0.6 is 0 Å². The zero-order valence-corrected chi connectivity index (χ0v) is 6.00. The average molecular weight is 141 g/mol. The Kier molecular flexibility index (Phi) is 1.94. The predicted octanol–water partition coefficient (Wildman–Crippen LogP) is 1.32. The molecule has 0 aromatic carbocycles. The van der Waals surface area contributed by atoms with Crippen LogP contribution in [0.5, 0.6) is 0 Å². The molecule has 0 aromatic rings. The smallest absolute Gasteiger partial charge is 0.407 e. The fourth-order valence-electron chi connectivity index (χ4n) is 0.944. The first-order valence-electron chi connectivity index (χ1n) is 3.33. The molecule has 1 aliphatic rings. The van der Waals surface area contributed by atoms with E-state index in [0.717, 1.165) is 6.42 Å². The average Bonchev–Trinajstić information content (AvgIpc) is 1.88. The lowest BCUT2D eigenvalue weighted by molar-refractivity contribution is 0.149. The molecular weight excluding hydrogens is 130 g/mol. The molecule has 1 heterocycles. The lowest BCUT2D eigenvalue weighted by Gasteiger charge is -2.21. The van der Waals surface area contributed by atoms with E-state index in [4.69, 9.17) is 5.11 Å². The zero-order chi connectivity index (χ0) is 7.56. The molecule has 0 radical (unpaired) electrons. The van der Waals surface area contributed by atoms with Crippen LogP contribution < -0.4 is 0 Å². The Hall–Kier alpha value is -0.990. The van der Waals surface area contributed by atoms with Crippen molar-refractivity contribution in [1.82, 2.24) is 4.90 Å². The number of hydrogen-bond acceptors (Lipinski definition) is 1. The maximum absolute atomic E-state index is 10.4. The van der Waals surface area contributed by atoms with Crippen molar-refractivity contribution in [3.63, 3.8) is 0 Å². The van der Waals surface area contributed by atoms with E-state index < -0.39 is 6.09 Å². The van der Waals surface area contributed by atoms with Crippen molar-refractivity contribution in [2.45, 2.75) is 13.3 Å². The van der Waals surface area contributed by atoms with E-state index >= 15 is 0 Å². The van der Waals surface area contributed by atoms with Gasteiger partial charge in [-0.1, -0.05) is 11.6 Å². The van der Waals surface area contributed by atoms with E-state index in [-0.39, 0.29) is 0 Å². The zero-order valence-electron chi connectivity index (χ0n) is 6.00. The fourth-order valence-corrected chi connectivity index (χ4v) is 0.944. The SMILES string of the molecule is CC1=CCN(C(=O)O)CC1. The lowest BCUT2D eigenvalue weighted by Crippen LogP contribution is -2.33. The highest BCUT2D eigenvalue weighted by Crippen LogP contribution is 2.08. The molecule has 1 aliphatic heterocycles. The third kappa shape index (κ3) is 1.50.